The van der Waals surface area contributed by atoms with Crippen LogP contribution < -0.4 is 10.6 Å². The Morgan fingerprint density at radius 2 is 1.50 bits per heavy atom. The van der Waals surface area contributed by atoms with Gasteiger partial charge in [-0.1, -0.05) is 61.5 Å². The molecule has 0 fully saturated rings. The van der Waals surface area contributed by atoms with Gasteiger partial charge < -0.3 is 15.2 Å². The number of para-hydroxylation sites is 1. The highest BCUT2D eigenvalue weighted by Crippen LogP contribution is 2.32. The van der Waals surface area contributed by atoms with Crippen LogP contribution in [0.3, 0.4) is 0 Å². The normalized spacial score (nSPS) is 11.9. The van der Waals surface area contributed by atoms with E-state index in [-0.39, 0.29) is 17.1 Å². The van der Waals surface area contributed by atoms with Gasteiger partial charge in [-0.2, -0.15) is 0 Å². The second-order valence-corrected chi connectivity index (χ2v) is 10.5. The summed E-state index contributed by atoms with van der Waals surface area (Å²) in [5.41, 5.74) is 4.85. The quantitative estimate of drug-likeness (QED) is 0.197. The van der Waals surface area contributed by atoms with Crippen LogP contribution in [0.15, 0.2) is 102 Å². The summed E-state index contributed by atoms with van der Waals surface area (Å²) in [6.45, 7) is 5.05. The van der Waals surface area contributed by atoms with Gasteiger partial charge >= 0.3 is 0 Å². The summed E-state index contributed by atoms with van der Waals surface area (Å²) in [5.74, 6) is -0.0995. The topological polar surface area (TPSA) is 63.1 Å². The number of aromatic nitrogens is 1. The molecule has 0 aliphatic carbocycles. The number of thioether (sulfide) groups is 1. The first-order chi connectivity index (χ1) is 18.6. The molecule has 1 aromatic heterocycles. The van der Waals surface area contributed by atoms with Gasteiger partial charge in [0.1, 0.15) is 0 Å². The van der Waals surface area contributed by atoms with Crippen molar-refractivity contribution in [2.45, 2.75) is 43.4 Å². The lowest BCUT2D eigenvalue weighted by Gasteiger charge is -2.16. The van der Waals surface area contributed by atoms with Crippen molar-refractivity contribution in [2.24, 2.45) is 0 Å². The fourth-order valence-electron chi connectivity index (χ4n) is 4.81. The summed E-state index contributed by atoms with van der Waals surface area (Å²) < 4.78 is 2.30. The van der Waals surface area contributed by atoms with Crippen molar-refractivity contribution in [2.75, 3.05) is 10.6 Å². The number of nitrogens with zero attached hydrogens (tertiary/aromatic N) is 1. The van der Waals surface area contributed by atoms with Crippen molar-refractivity contribution in [3.63, 3.8) is 0 Å². The number of aryl methyl sites for hydroxylation is 1. The average Bonchev–Trinajstić information content (AvgIpc) is 3.25. The van der Waals surface area contributed by atoms with Crippen molar-refractivity contribution >= 4 is 56.8 Å². The highest BCUT2D eigenvalue weighted by Gasteiger charge is 2.19. The van der Waals surface area contributed by atoms with Crippen molar-refractivity contribution in [1.29, 1.82) is 0 Å². The number of hydrogen-bond acceptors (Lipinski definition) is 3. The average molecular weight is 522 g/mol. The molecule has 0 spiro atoms. The smallest absolute Gasteiger partial charge is 0.237 e. The molecule has 0 saturated carbocycles. The van der Waals surface area contributed by atoms with Crippen LogP contribution >= 0.6 is 11.8 Å². The van der Waals surface area contributed by atoms with Crippen LogP contribution in [0.4, 0.5) is 11.4 Å². The van der Waals surface area contributed by atoms with Crippen molar-refractivity contribution in [3.8, 4) is 0 Å². The Hall–Kier alpha value is -4.03. The molecule has 5 aromatic rings. The predicted molar refractivity (Wildman–Crippen MR) is 159 cm³/mol. The van der Waals surface area contributed by atoms with Crippen molar-refractivity contribution < 1.29 is 9.59 Å². The van der Waals surface area contributed by atoms with Crippen molar-refractivity contribution in [3.05, 3.63) is 103 Å². The third-order valence-corrected chi connectivity index (χ3v) is 7.98. The maximum Gasteiger partial charge on any atom is 0.237 e. The molecule has 2 N–H and O–H groups in total. The first-order valence-corrected chi connectivity index (χ1v) is 13.9. The van der Waals surface area contributed by atoms with E-state index in [1.807, 2.05) is 67.6 Å². The van der Waals surface area contributed by atoms with E-state index in [0.29, 0.717) is 12.8 Å². The van der Waals surface area contributed by atoms with Gasteiger partial charge in [-0.25, -0.2) is 0 Å². The molecule has 4 aromatic carbocycles. The van der Waals surface area contributed by atoms with E-state index in [2.05, 4.69) is 58.5 Å². The van der Waals surface area contributed by atoms with Crippen LogP contribution in [0, 0.1) is 0 Å². The third-order valence-electron chi connectivity index (χ3n) is 6.62. The van der Waals surface area contributed by atoms with Crippen LogP contribution in [-0.2, 0) is 22.6 Å². The van der Waals surface area contributed by atoms with Gasteiger partial charge in [0.15, 0.2) is 0 Å². The molecule has 1 atom stereocenters. The monoisotopic (exact) mass is 521 g/mol. The molecule has 0 saturated heterocycles. The molecule has 0 radical (unpaired) electrons. The fraction of sp³-hybridized carbons (Fsp3) is 0.188. The van der Waals surface area contributed by atoms with Gasteiger partial charge in [0.25, 0.3) is 0 Å². The summed E-state index contributed by atoms with van der Waals surface area (Å²) in [4.78, 5) is 26.7. The van der Waals surface area contributed by atoms with Crippen molar-refractivity contribution in [1.82, 2.24) is 4.57 Å². The molecule has 5 nitrogen and oxygen atoms in total. The number of amides is 2. The van der Waals surface area contributed by atoms with E-state index in [9.17, 15) is 9.59 Å². The Balaban J connectivity index is 1.28. The van der Waals surface area contributed by atoms with Gasteiger partial charge in [0.2, 0.25) is 11.8 Å². The molecule has 1 unspecified atom stereocenters. The largest absolute Gasteiger partial charge is 0.341 e. The van der Waals surface area contributed by atoms with Crippen LogP contribution in [0.25, 0.3) is 21.8 Å². The molecule has 2 amide bonds. The molecule has 38 heavy (non-hydrogen) atoms. The summed E-state index contributed by atoms with van der Waals surface area (Å²) in [5, 5.41) is 8.17. The highest BCUT2D eigenvalue weighted by atomic mass is 32.2. The summed E-state index contributed by atoms with van der Waals surface area (Å²) >= 11 is 1.51. The second kappa shape index (κ2) is 11.6. The van der Waals surface area contributed by atoms with Gasteiger partial charge in [-0.15, -0.1) is 11.8 Å². The SMILES string of the molecule is CCC(Sc1cccc(NC(=O)Cc2ccccc2)c1)C(=O)Nc1ccc2c(c1)c1ccccc1n2CC. The molecule has 0 aliphatic heterocycles. The zero-order valence-corrected chi connectivity index (χ0v) is 22.4. The Morgan fingerprint density at radius 1 is 0.763 bits per heavy atom. The maximum absolute atomic E-state index is 13.3. The molecule has 0 aliphatic rings. The number of benzene rings is 4. The molecular formula is C32H31N3O2S. The van der Waals surface area contributed by atoms with E-state index in [1.165, 1.54) is 28.2 Å². The van der Waals surface area contributed by atoms with Gasteiger partial charge in [-0.3, -0.25) is 9.59 Å². The zero-order chi connectivity index (χ0) is 26.5. The second-order valence-electron chi connectivity index (χ2n) is 9.24. The number of rotatable bonds is 9. The number of nitrogens with one attached hydrogen (secondary N) is 2. The Labute approximate surface area is 227 Å². The standard InChI is InChI=1S/C32H31N3O2S/c1-3-30(38-25-14-10-13-23(20-25)33-31(36)19-22-11-6-5-7-12-22)32(37)34-24-17-18-29-27(21-24)26-15-8-9-16-28(26)35(29)4-2/h5-18,20-21,30H,3-4,19H2,1-2H3,(H,33,36)(H,34,37). The zero-order valence-electron chi connectivity index (χ0n) is 21.6. The number of anilines is 2. The number of carbonyl (C=O) groups excluding carboxylic acids is 2. The minimum Gasteiger partial charge on any atom is -0.341 e. The van der Waals surface area contributed by atoms with Crippen LogP contribution in [0.2, 0.25) is 0 Å². The van der Waals surface area contributed by atoms with Crippen LogP contribution in [-0.4, -0.2) is 21.6 Å². The lowest BCUT2D eigenvalue weighted by Crippen LogP contribution is -2.24. The maximum atomic E-state index is 13.3. The Morgan fingerprint density at radius 3 is 2.29 bits per heavy atom. The highest BCUT2D eigenvalue weighted by molar-refractivity contribution is 8.00. The predicted octanol–water partition coefficient (Wildman–Crippen LogP) is 7.51. The van der Waals surface area contributed by atoms with Gasteiger partial charge in [0, 0.05) is 44.6 Å². The van der Waals surface area contributed by atoms with Gasteiger partial charge in [0.05, 0.1) is 11.7 Å². The molecule has 0 bridgehead atoms. The number of fused-ring (bicyclic) bond motifs is 3. The van der Waals surface area contributed by atoms with Gasteiger partial charge in [-0.05, 0) is 61.4 Å². The molecule has 5 rings (SSSR count). The summed E-state index contributed by atoms with van der Waals surface area (Å²) in [7, 11) is 0. The van der Waals surface area contributed by atoms with Crippen LogP contribution in [0.5, 0.6) is 0 Å². The summed E-state index contributed by atoms with van der Waals surface area (Å²) in [6.07, 6.45) is 0.998. The lowest BCUT2D eigenvalue weighted by molar-refractivity contribution is -0.116. The Kier molecular flexibility index (Phi) is 7.80. The van der Waals surface area contributed by atoms with E-state index in [1.54, 1.807) is 0 Å². The minimum absolute atomic E-state index is 0.0328. The number of carbonyl (C=O) groups is 2. The van der Waals surface area contributed by atoms with E-state index in [0.717, 1.165) is 33.8 Å². The first kappa shape index (κ1) is 25.6. The number of hydrogen-bond donors (Lipinski definition) is 2. The summed E-state index contributed by atoms with van der Waals surface area (Å²) in [6, 6.07) is 31.9. The molecular weight excluding hydrogens is 490 g/mol. The molecule has 192 valence electrons. The van der Waals surface area contributed by atoms with Crippen LogP contribution in [0.1, 0.15) is 25.8 Å². The molecule has 6 heteroatoms. The first-order valence-electron chi connectivity index (χ1n) is 13.0. The molecule has 1 heterocycles. The lowest BCUT2D eigenvalue weighted by atomic mass is 10.1. The van der Waals surface area contributed by atoms with E-state index < -0.39 is 0 Å². The Bertz CT molecular complexity index is 1590. The van der Waals surface area contributed by atoms with E-state index >= 15 is 0 Å². The third kappa shape index (κ3) is 5.60. The fourth-order valence-corrected chi connectivity index (χ4v) is 5.83. The minimum atomic E-state index is -0.266. The van der Waals surface area contributed by atoms with E-state index in [4.69, 9.17) is 0 Å².